The molecule has 0 aliphatic carbocycles. The normalized spacial score (nSPS) is 13.1. The lowest BCUT2D eigenvalue weighted by atomic mass is 10.1. The molecule has 1 rings (SSSR count). The molecule has 1 N–H and O–H groups in total. The van der Waals surface area contributed by atoms with E-state index in [1.54, 1.807) is 0 Å². The van der Waals surface area contributed by atoms with Crippen LogP contribution in [-0.4, -0.2) is 22.4 Å². The summed E-state index contributed by atoms with van der Waals surface area (Å²) in [6.45, 7) is 10.6. The summed E-state index contributed by atoms with van der Waals surface area (Å²) in [4.78, 5) is 0. The molecule has 0 spiro atoms. The lowest BCUT2D eigenvalue weighted by Gasteiger charge is -2.17. The average molecular weight is 209 g/mol. The fourth-order valence-electron chi connectivity index (χ4n) is 1.96. The summed E-state index contributed by atoms with van der Waals surface area (Å²) in [5.41, 5.74) is 2.37. The molecule has 86 valence electrons. The Morgan fingerprint density at radius 1 is 1.40 bits per heavy atom. The van der Waals surface area contributed by atoms with Gasteiger partial charge in [-0.1, -0.05) is 20.3 Å². The maximum atomic E-state index is 4.49. The molecule has 3 nitrogen and oxygen atoms in total. The zero-order chi connectivity index (χ0) is 11.3. The van der Waals surface area contributed by atoms with Crippen LogP contribution in [0.15, 0.2) is 6.07 Å². The molecular weight excluding hydrogens is 186 g/mol. The number of aryl methyl sites for hydroxylation is 2. The molecule has 15 heavy (non-hydrogen) atoms. The van der Waals surface area contributed by atoms with E-state index in [1.807, 2.05) is 6.92 Å². The number of hydrogen-bond donors (Lipinski definition) is 1. The summed E-state index contributed by atoms with van der Waals surface area (Å²) in [5.74, 6) is 0. The van der Waals surface area contributed by atoms with Crippen LogP contribution in [0.2, 0.25) is 0 Å². The quantitative estimate of drug-likeness (QED) is 0.779. The fraction of sp³-hybridized carbons (Fsp3) is 0.750. The SMILES string of the molecule is CCCC(Cn1nc(C)cc1C)NCC. The Hall–Kier alpha value is -0.830. The van der Waals surface area contributed by atoms with E-state index < -0.39 is 0 Å². The molecule has 1 aromatic heterocycles. The van der Waals surface area contributed by atoms with Crippen LogP contribution in [0.1, 0.15) is 38.1 Å². The van der Waals surface area contributed by atoms with Gasteiger partial charge in [0, 0.05) is 11.7 Å². The summed E-state index contributed by atoms with van der Waals surface area (Å²) in [6, 6.07) is 2.69. The number of hydrogen-bond acceptors (Lipinski definition) is 2. The molecule has 0 radical (unpaired) electrons. The lowest BCUT2D eigenvalue weighted by Crippen LogP contribution is -2.33. The molecule has 0 bridgehead atoms. The highest BCUT2D eigenvalue weighted by Crippen LogP contribution is 2.05. The van der Waals surface area contributed by atoms with Gasteiger partial charge in [0.1, 0.15) is 0 Å². The minimum atomic E-state index is 0.554. The van der Waals surface area contributed by atoms with Gasteiger partial charge in [-0.05, 0) is 32.9 Å². The highest BCUT2D eigenvalue weighted by molar-refractivity contribution is 5.06. The molecule has 3 heteroatoms. The highest BCUT2D eigenvalue weighted by atomic mass is 15.3. The molecule has 1 aromatic rings. The van der Waals surface area contributed by atoms with Crippen LogP contribution in [0.4, 0.5) is 0 Å². The molecule has 0 saturated carbocycles. The molecule has 0 fully saturated rings. The van der Waals surface area contributed by atoms with E-state index in [0.29, 0.717) is 6.04 Å². The van der Waals surface area contributed by atoms with Crippen molar-refractivity contribution in [3.63, 3.8) is 0 Å². The van der Waals surface area contributed by atoms with Gasteiger partial charge in [0.05, 0.1) is 12.2 Å². The second-order valence-electron chi connectivity index (χ2n) is 4.15. The van der Waals surface area contributed by atoms with Crippen molar-refractivity contribution in [1.82, 2.24) is 15.1 Å². The Labute approximate surface area is 92.9 Å². The second-order valence-corrected chi connectivity index (χ2v) is 4.15. The minimum Gasteiger partial charge on any atom is -0.312 e. The number of likely N-dealkylation sites (N-methyl/N-ethyl adjacent to an activating group) is 1. The van der Waals surface area contributed by atoms with Gasteiger partial charge in [0.15, 0.2) is 0 Å². The van der Waals surface area contributed by atoms with Crippen molar-refractivity contribution in [2.45, 2.75) is 53.1 Å². The highest BCUT2D eigenvalue weighted by Gasteiger charge is 2.09. The predicted octanol–water partition coefficient (Wildman–Crippen LogP) is 2.28. The third kappa shape index (κ3) is 3.67. The first-order valence-electron chi connectivity index (χ1n) is 5.91. The first-order chi connectivity index (χ1) is 7.17. The van der Waals surface area contributed by atoms with Crippen LogP contribution >= 0.6 is 0 Å². The third-order valence-corrected chi connectivity index (χ3v) is 2.63. The van der Waals surface area contributed by atoms with Crippen LogP contribution in [0.5, 0.6) is 0 Å². The van der Waals surface area contributed by atoms with Crippen molar-refractivity contribution in [2.24, 2.45) is 0 Å². The topological polar surface area (TPSA) is 29.9 Å². The summed E-state index contributed by atoms with van der Waals surface area (Å²) in [6.07, 6.45) is 2.43. The number of rotatable bonds is 6. The van der Waals surface area contributed by atoms with E-state index in [4.69, 9.17) is 0 Å². The van der Waals surface area contributed by atoms with Crippen molar-refractivity contribution in [3.8, 4) is 0 Å². The summed E-state index contributed by atoms with van der Waals surface area (Å²) < 4.78 is 2.11. The van der Waals surface area contributed by atoms with Crippen molar-refractivity contribution in [3.05, 3.63) is 17.5 Å². The zero-order valence-electron chi connectivity index (χ0n) is 10.4. The first kappa shape index (κ1) is 12.2. The lowest BCUT2D eigenvalue weighted by molar-refractivity contribution is 0.404. The molecular formula is C12H23N3. The van der Waals surface area contributed by atoms with Crippen LogP contribution in [0.25, 0.3) is 0 Å². The molecule has 0 aliphatic heterocycles. The smallest absolute Gasteiger partial charge is 0.0596 e. The van der Waals surface area contributed by atoms with E-state index in [-0.39, 0.29) is 0 Å². The van der Waals surface area contributed by atoms with Crippen LogP contribution in [0, 0.1) is 13.8 Å². The Morgan fingerprint density at radius 2 is 2.13 bits per heavy atom. The largest absolute Gasteiger partial charge is 0.312 e. The molecule has 1 atom stereocenters. The van der Waals surface area contributed by atoms with Crippen molar-refractivity contribution >= 4 is 0 Å². The Balaban J connectivity index is 2.60. The minimum absolute atomic E-state index is 0.554. The summed E-state index contributed by atoms with van der Waals surface area (Å²) in [5, 5.41) is 8.00. The van der Waals surface area contributed by atoms with E-state index >= 15 is 0 Å². The van der Waals surface area contributed by atoms with Gasteiger partial charge >= 0.3 is 0 Å². The summed E-state index contributed by atoms with van der Waals surface area (Å²) >= 11 is 0. The molecule has 1 unspecified atom stereocenters. The van der Waals surface area contributed by atoms with Gasteiger partial charge in [-0.3, -0.25) is 4.68 Å². The average Bonchev–Trinajstić information content (AvgIpc) is 2.46. The Morgan fingerprint density at radius 3 is 2.60 bits per heavy atom. The number of aromatic nitrogens is 2. The predicted molar refractivity (Wildman–Crippen MR) is 64.1 cm³/mol. The standard InChI is InChI=1S/C12H23N3/c1-5-7-12(13-6-2)9-15-11(4)8-10(3)14-15/h8,12-13H,5-7,9H2,1-4H3. The number of nitrogens with zero attached hydrogens (tertiary/aromatic N) is 2. The van der Waals surface area contributed by atoms with Gasteiger partial charge in [-0.25, -0.2) is 0 Å². The maximum Gasteiger partial charge on any atom is 0.0596 e. The molecule has 0 aromatic carbocycles. The van der Waals surface area contributed by atoms with Gasteiger partial charge in [-0.2, -0.15) is 5.10 Å². The van der Waals surface area contributed by atoms with Crippen molar-refractivity contribution < 1.29 is 0 Å². The van der Waals surface area contributed by atoms with Crippen LogP contribution < -0.4 is 5.32 Å². The van der Waals surface area contributed by atoms with Gasteiger partial charge < -0.3 is 5.32 Å². The molecule has 1 heterocycles. The number of nitrogens with one attached hydrogen (secondary N) is 1. The van der Waals surface area contributed by atoms with E-state index in [2.05, 4.69) is 41.9 Å². The monoisotopic (exact) mass is 209 g/mol. The second kappa shape index (κ2) is 5.91. The van der Waals surface area contributed by atoms with E-state index in [0.717, 1.165) is 18.8 Å². The van der Waals surface area contributed by atoms with Crippen molar-refractivity contribution in [2.75, 3.05) is 6.54 Å². The fourth-order valence-corrected chi connectivity index (χ4v) is 1.96. The Bertz CT molecular complexity index is 285. The third-order valence-electron chi connectivity index (χ3n) is 2.63. The van der Waals surface area contributed by atoms with Crippen molar-refractivity contribution in [1.29, 1.82) is 0 Å². The van der Waals surface area contributed by atoms with Crippen LogP contribution in [0.3, 0.4) is 0 Å². The Kier molecular flexibility index (Phi) is 4.82. The summed E-state index contributed by atoms with van der Waals surface area (Å²) in [7, 11) is 0. The molecule has 0 aliphatic rings. The zero-order valence-corrected chi connectivity index (χ0v) is 10.4. The van der Waals surface area contributed by atoms with Crippen LogP contribution in [-0.2, 0) is 6.54 Å². The van der Waals surface area contributed by atoms with Gasteiger partial charge in [-0.15, -0.1) is 0 Å². The van der Waals surface area contributed by atoms with Gasteiger partial charge in [0.2, 0.25) is 0 Å². The van der Waals surface area contributed by atoms with Gasteiger partial charge in [0.25, 0.3) is 0 Å². The molecule has 0 saturated heterocycles. The van der Waals surface area contributed by atoms with E-state index in [9.17, 15) is 0 Å². The molecule has 0 amide bonds. The first-order valence-corrected chi connectivity index (χ1v) is 5.91. The van der Waals surface area contributed by atoms with E-state index in [1.165, 1.54) is 18.5 Å². The maximum absolute atomic E-state index is 4.49.